The van der Waals surface area contributed by atoms with E-state index in [1.807, 2.05) is 0 Å². The van der Waals surface area contributed by atoms with Crippen LogP contribution in [0.5, 0.6) is 0 Å². The minimum atomic E-state index is -0.0217. The van der Waals surface area contributed by atoms with E-state index in [0.717, 1.165) is 17.4 Å². The predicted molar refractivity (Wildman–Crippen MR) is 120 cm³/mol. The first-order chi connectivity index (χ1) is 11.5. The van der Waals surface area contributed by atoms with Gasteiger partial charge in [-0.15, -0.1) is 24.0 Å². The molecule has 4 heteroatoms. The normalized spacial score (nSPS) is 11.2. The molecule has 0 radical (unpaired) electrons. The van der Waals surface area contributed by atoms with Crippen molar-refractivity contribution in [2.75, 3.05) is 34.3 Å². The minimum absolute atomic E-state index is 0. The molecule has 0 rings (SSSR count). The fourth-order valence-corrected chi connectivity index (χ4v) is 2.79. The van der Waals surface area contributed by atoms with Gasteiger partial charge in [0, 0.05) is 6.42 Å². The third-order valence-electron chi connectivity index (χ3n) is 4.51. The van der Waals surface area contributed by atoms with Gasteiger partial charge in [0.05, 0.1) is 21.1 Å². The van der Waals surface area contributed by atoms with Crippen molar-refractivity contribution in [2.45, 2.75) is 96.8 Å². The fourth-order valence-electron chi connectivity index (χ4n) is 2.79. The molecule has 0 aromatic rings. The Bertz CT molecular complexity index is 290. The van der Waals surface area contributed by atoms with E-state index >= 15 is 0 Å². The average molecular weight is 471 g/mol. The fraction of sp³-hybridized carbons (Fsp3) is 0.952. The van der Waals surface area contributed by atoms with E-state index in [1.54, 1.807) is 0 Å². The summed E-state index contributed by atoms with van der Waals surface area (Å²) in [5.41, 5.74) is 0. The second kappa shape index (κ2) is 18.9. The lowest BCUT2D eigenvalue weighted by Crippen LogP contribution is -2.37. The molecular formula is C21H45INO2+. The topological polar surface area (TPSA) is 26.3 Å². The maximum absolute atomic E-state index is 11.6. The first-order valence-corrected chi connectivity index (χ1v) is 10.4. The molecule has 0 N–H and O–H groups in total. The summed E-state index contributed by atoms with van der Waals surface area (Å²) in [4.78, 5) is 11.6. The van der Waals surface area contributed by atoms with Crippen molar-refractivity contribution in [3.63, 3.8) is 0 Å². The second-order valence-electron chi connectivity index (χ2n) is 8.23. The number of esters is 1. The van der Waals surface area contributed by atoms with E-state index in [1.165, 1.54) is 77.0 Å². The molecule has 3 nitrogen and oxygen atoms in total. The highest BCUT2D eigenvalue weighted by atomic mass is 127. The molecule has 25 heavy (non-hydrogen) atoms. The molecule has 0 aliphatic rings. The lowest BCUT2D eigenvalue weighted by Gasteiger charge is -2.23. The Morgan fingerprint density at radius 2 is 1.12 bits per heavy atom. The number of carbonyl (C=O) groups excluding carboxylic acids is 1. The van der Waals surface area contributed by atoms with Crippen LogP contribution in [0.15, 0.2) is 0 Å². The number of unbranched alkanes of at least 4 members (excludes halogenated alkanes) is 12. The zero-order chi connectivity index (χ0) is 18.1. The van der Waals surface area contributed by atoms with Crippen molar-refractivity contribution >= 4 is 29.9 Å². The van der Waals surface area contributed by atoms with Crippen molar-refractivity contribution < 1.29 is 14.0 Å². The van der Waals surface area contributed by atoms with E-state index in [4.69, 9.17) is 4.74 Å². The Balaban J connectivity index is 0. The SMILES string of the molecule is CCCCCCCCCCCCCCCC(=O)OCC[N+](C)(C)C.I. The number of quaternary nitrogens is 1. The van der Waals surface area contributed by atoms with Gasteiger partial charge in [-0.05, 0) is 6.42 Å². The number of ether oxygens (including phenoxy) is 1. The second-order valence-corrected chi connectivity index (χ2v) is 8.23. The number of hydrogen-bond acceptors (Lipinski definition) is 2. The van der Waals surface area contributed by atoms with Gasteiger partial charge in [-0.1, -0.05) is 84.0 Å². The number of carbonyl (C=O) groups is 1. The van der Waals surface area contributed by atoms with Crippen LogP contribution in [-0.4, -0.2) is 44.7 Å². The van der Waals surface area contributed by atoms with Crippen LogP contribution >= 0.6 is 24.0 Å². The molecule has 0 saturated carbocycles. The van der Waals surface area contributed by atoms with Gasteiger partial charge in [-0.3, -0.25) is 4.79 Å². The average Bonchev–Trinajstić information content (AvgIpc) is 2.50. The highest BCUT2D eigenvalue weighted by Crippen LogP contribution is 2.13. The number of hydrogen-bond donors (Lipinski definition) is 0. The third-order valence-corrected chi connectivity index (χ3v) is 4.51. The van der Waals surface area contributed by atoms with Gasteiger partial charge in [0.2, 0.25) is 0 Å². The molecule has 0 aromatic carbocycles. The molecule has 0 saturated heterocycles. The largest absolute Gasteiger partial charge is 0.460 e. The molecule has 0 unspecified atom stereocenters. The van der Waals surface area contributed by atoms with Crippen LogP contribution in [0, 0.1) is 0 Å². The predicted octanol–water partition coefficient (Wildman–Crippen LogP) is 6.34. The van der Waals surface area contributed by atoms with Crippen LogP contribution < -0.4 is 0 Å². The minimum Gasteiger partial charge on any atom is -0.460 e. The van der Waals surface area contributed by atoms with Gasteiger partial charge in [0.15, 0.2) is 0 Å². The Morgan fingerprint density at radius 3 is 1.52 bits per heavy atom. The molecule has 0 amide bonds. The summed E-state index contributed by atoms with van der Waals surface area (Å²) < 4.78 is 6.11. The molecule has 0 bridgehead atoms. The first-order valence-electron chi connectivity index (χ1n) is 10.4. The maximum Gasteiger partial charge on any atom is 0.305 e. The molecule has 0 aliphatic heterocycles. The smallest absolute Gasteiger partial charge is 0.305 e. The standard InChI is InChI=1S/C21H44NO2.HI/c1-5-6-7-8-9-10-11-12-13-14-15-16-17-18-21(23)24-20-19-22(2,3)4;/h5-20H2,1-4H3;1H/q+1;. The van der Waals surface area contributed by atoms with Gasteiger partial charge < -0.3 is 9.22 Å². The van der Waals surface area contributed by atoms with Crippen LogP contribution in [0.2, 0.25) is 0 Å². The summed E-state index contributed by atoms with van der Waals surface area (Å²) in [6, 6.07) is 0. The monoisotopic (exact) mass is 470 g/mol. The number of nitrogens with zero attached hydrogens (tertiary/aromatic N) is 1. The third kappa shape index (κ3) is 24.2. The summed E-state index contributed by atoms with van der Waals surface area (Å²) in [5, 5.41) is 0. The Labute approximate surface area is 174 Å². The summed E-state index contributed by atoms with van der Waals surface area (Å²) in [6.07, 6.45) is 17.9. The lowest BCUT2D eigenvalue weighted by atomic mass is 10.0. The van der Waals surface area contributed by atoms with Crippen LogP contribution in [-0.2, 0) is 9.53 Å². The zero-order valence-corrected chi connectivity index (χ0v) is 19.8. The van der Waals surface area contributed by atoms with Gasteiger partial charge in [-0.25, -0.2) is 0 Å². The first kappa shape index (κ1) is 27.4. The molecular weight excluding hydrogens is 425 g/mol. The highest BCUT2D eigenvalue weighted by Gasteiger charge is 2.09. The molecule has 152 valence electrons. The molecule has 0 spiro atoms. The summed E-state index contributed by atoms with van der Waals surface area (Å²) >= 11 is 0. The van der Waals surface area contributed by atoms with Crippen molar-refractivity contribution in [3.8, 4) is 0 Å². The van der Waals surface area contributed by atoms with E-state index in [0.29, 0.717) is 13.0 Å². The van der Waals surface area contributed by atoms with Crippen molar-refractivity contribution in [1.29, 1.82) is 0 Å². The van der Waals surface area contributed by atoms with E-state index < -0.39 is 0 Å². The van der Waals surface area contributed by atoms with E-state index in [2.05, 4.69) is 28.1 Å². The number of halogens is 1. The Morgan fingerprint density at radius 1 is 0.720 bits per heavy atom. The van der Waals surface area contributed by atoms with E-state index in [9.17, 15) is 4.79 Å². The van der Waals surface area contributed by atoms with Crippen LogP contribution in [0.4, 0.5) is 0 Å². The van der Waals surface area contributed by atoms with Crippen LogP contribution in [0.1, 0.15) is 96.8 Å². The maximum atomic E-state index is 11.6. The molecule has 0 aliphatic carbocycles. The highest BCUT2D eigenvalue weighted by molar-refractivity contribution is 14.0. The van der Waals surface area contributed by atoms with Gasteiger partial charge in [-0.2, -0.15) is 0 Å². The summed E-state index contributed by atoms with van der Waals surface area (Å²) in [7, 11) is 6.33. The molecule has 0 aromatic heterocycles. The van der Waals surface area contributed by atoms with E-state index in [-0.39, 0.29) is 29.9 Å². The Hall–Kier alpha value is 0.160. The van der Waals surface area contributed by atoms with Crippen LogP contribution in [0.3, 0.4) is 0 Å². The number of likely N-dealkylation sites (N-methyl/N-ethyl adjacent to an activating group) is 1. The summed E-state index contributed by atoms with van der Waals surface area (Å²) in [6.45, 7) is 3.69. The van der Waals surface area contributed by atoms with Crippen molar-refractivity contribution in [3.05, 3.63) is 0 Å². The van der Waals surface area contributed by atoms with Crippen molar-refractivity contribution in [1.82, 2.24) is 0 Å². The van der Waals surface area contributed by atoms with Gasteiger partial charge in [0.25, 0.3) is 0 Å². The number of rotatable bonds is 17. The quantitative estimate of drug-likeness (QED) is 0.107. The Kier molecular flexibility index (Phi) is 20.7. The van der Waals surface area contributed by atoms with Gasteiger partial charge >= 0.3 is 5.97 Å². The molecule has 0 heterocycles. The lowest BCUT2D eigenvalue weighted by molar-refractivity contribution is -0.870. The van der Waals surface area contributed by atoms with Crippen molar-refractivity contribution in [2.24, 2.45) is 0 Å². The molecule has 0 atom stereocenters. The summed E-state index contributed by atoms with van der Waals surface area (Å²) in [5.74, 6) is -0.0217. The van der Waals surface area contributed by atoms with Crippen LogP contribution in [0.25, 0.3) is 0 Å². The molecule has 0 fully saturated rings. The van der Waals surface area contributed by atoms with Gasteiger partial charge in [0.1, 0.15) is 13.2 Å². The zero-order valence-electron chi connectivity index (χ0n) is 17.5.